The summed E-state index contributed by atoms with van der Waals surface area (Å²) >= 11 is 0. The average molecular weight is 444 g/mol. The van der Waals surface area contributed by atoms with Gasteiger partial charge in [-0.05, 0) is 55.3 Å². The summed E-state index contributed by atoms with van der Waals surface area (Å²) in [6.07, 6.45) is 0.377. The maximum absolute atomic E-state index is 13.1. The first-order chi connectivity index (χ1) is 15.9. The van der Waals surface area contributed by atoms with Crippen LogP contribution in [0.2, 0.25) is 0 Å². The zero-order valence-electron chi connectivity index (χ0n) is 18.5. The van der Waals surface area contributed by atoms with Gasteiger partial charge in [0.1, 0.15) is 23.6 Å². The molecule has 0 bridgehead atoms. The zero-order valence-corrected chi connectivity index (χ0v) is 18.5. The molecule has 0 saturated carbocycles. The Kier molecular flexibility index (Phi) is 6.13. The van der Waals surface area contributed by atoms with Crippen molar-refractivity contribution < 1.29 is 19.1 Å². The standard InChI is InChI=1S/C26H25N3O4/c1-3-26(19-7-5-4-6-8-19)24(31)29(25(32)28-26)17-23(30)27-20-11-15-22(16-12-20)33-21-13-9-18(2)10-14-21/h4-16H,3,17H2,1-2H3,(H,27,30)(H,28,32). The Labute approximate surface area is 192 Å². The van der Waals surface area contributed by atoms with Gasteiger partial charge in [0, 0.05) is 5.69 Å². The van der Waals surface area contributed by atoms with Gasteiger partial charge in [0.15, 0.2) is 0 Å². The molecular weight excluding hydrogens is 418 g/mol. The molecule has 2 N–H and O–H groups in total. The summed E-state index contributed by atoms with van der Waals surface area (Å²) in [6, 6.07) is 23.1. The molecule has 4 rings (SSSR count). The molecular formula is C26H25N3O4. The third-order valence-corrected chi connectivity index (χ3v) is 5.67. The van der Waals surface area contributed by atoms with Crippen molar-refractivity contribution in [2.75, 3.05) is 11.9 Å². The topological polar surface area (TPSA) is 87.7 Å². The summed E-state index contributed by atoms with van der Waals surface area (Å²) in [5.41, 5.74) is 1.21. The van der Waals surface area contributed by atoms with E-state index < -0.39 is 23.4 Å². The lowest BCUT2D eigenvalue weighted by molar-refractivity contribution is -0.134. The monoisotopic (exact) mass is 443 g/mol. The number of rotatable bonds is 7. The van der Waals surface area contributed by atoms with Gasteiger partial charge in [-0.3, -0.25) is 14.5 Å². The molecule has 0 spiro atoms. The fraction of sp³-hybridized carbons (Fsp3) is 0.192. The number of imide groups is 1. The number of nitrogens with one attached hydrogen (secondary N) is 2. The van der Waals surface area contributed by atoms with E-state index in [4.69, 9.17) is 4.74 Å². The number of benzene rings is 3. The van der Waals surface area contributed by atoms with Crippen LogP contribution >= 0.6 is 0 Å². The third kappa shape index (κ3) is 4.57. The number of anilines is 1. The van der Waals surface area contributed by atoms with Gasteiger partial charge >= 0.3 is 6.03 Å². The first-order valence-electron chi connectivity index (χ1n) is 10.8. The minimum atomic E-state index is -1.16. The summed E-state index contributed by atoms with van der Waals surface area (Å²) in [5.74, 6) is 0.444. The first kappa shape index (κ1) is 22.1. The van der Waals surface area contributed by atoms with Gasteiger partial charge in [0.25, 0.3) is 5.91 Å². The molecule has 3 aromatic rings. The number of nitrogens with zero attached hydrogens (tertiary/aromatic N) is 1. The van der Waals surface area contributed by atoms with Crippen molar-refractivity contribution in [3.05, 3.63) is 90.0 Å². The summed E-state index contributed by atoms with van der Waals surface area (Å²) in [6.45, 7) is 3.46. The lowest BCUT2D eigenvalue weighted by Gasteiger charge is -2.25. The molecule has 3 aromatic carbocycles. The van der Waals surface area contributed by atoms with Crippen molar-refractivity contribution in [3.63, 3.8) is 0 Å². The molecule has 1 aliphatic rings. The number of carbonyl (C=O) groups is 3. The van der Waals surface area contributed by atoms with E-state index >= 15 is 0 Å². The van der Waals surface area contributed by atoms with Crippen LogP contribution in [0.25, 0.3) is 0 Å². The summed E-state index contributed by atoms with van der Waals surface area (Å²) in [5, 5.41) is 5.50. The molecule has 1 fully saturated rings. The van der Waals surface area contributed by atoms with Gasteiger partial charge in [-0.2, -0.15) is 0 Å². The Hall–Kier alpha value is -4.13. The normalized spacial score (nSPS) is 17.6. The van der Waals surface area contributed by atoms with Crippen molar-refractivity contribution in [3.8, 4) is 11.5 Å². The molecule has 33 heavy (non-hydrogen) atoms. The molecule has 0 aromatic heterocycles. The maximum atomic E-state index is 13.1. The SMILES string of the molecule is CCC1(c2ccccc2)NC(=O)N(CC(=O)Nc2ccc(Oc3ccc(C)cc3)cc2)C1=O. The lowest BCUT2D eigenvalue weighted by Crippen LogP contribution is -2.44. The lowest BCUT2D eigenvalue weighted by atomic mass is 9.87. The van der Waals surface area contributed by atoms with Crippen LogP contribution in [0.3, 0.4) is 0 Å². The van der Waals surface area contributed by atoms with Crippen LogP contribution in [0.4, 0.5) is 10.5 Å². The first-order valence-corrected chi connectivity index (χ1v) is 10.8. The molecule has 0 aliphatic carbocycles. The van der Waals surface area contributed by atoms with Crippen molar-refractivity contribution >= 4 is 23.5 Å². The minimum Gasteiger partial charge on any atom is -0.457 e. The number of hydrogen-bond donors (Lipinski definition) is 2. The van der Waals surface area contributed by atoms with E-state index in [0.717, 1.165) is 10.5 Å². The van der Waals surface area contributed by atoms with Crippen LogP contribution in [0.1, 0.15) is 24.5 Å². The highest BCUT2D eigenvalue weighted by Crippen LogP contribution is 2.32. The highest BCUT2D eigenvalue weighted by Gasteiger charge is 2.51. The second-order valence-electron chi connectivity index (χ2n) is 7.93. The number of hydrogen-bond acceptors (Lipinski definition) is 4. The maximum Gasteiger partial charge on any atom is 0.325 e. The van der Waals surface area contributed by atoms with Crippen LogP contribution in [0.15, 0.2) is 78.9 Å². The third-order valence-electron chi connectivity index (χ3n) is 5.67. The molecule has 1 aliphatic heterocycles. The fourth-order valence-corrected chi connectivity index (χ4v) is 3.82. The number of urea groups is 1. The van der Waals surface area contributed by atoms with Crippen LogP contribution in [-0.4, -0.2) is 29.3 Å². The fourth-order valence-electron chi connectivity index (χ4n) is 3.82. The second kappa shape index (κ2) is 9.16. The quantitative estimate of drug-likeness (QED) is 0.523. The van der Waals surface area contributed by atoms with E-state index in [0.29, 0.717) is 29.2 Å². The zero-order chi connectivity index (χ0) is 23.4. The number of aryl methyl sites for hydroxylation is 1. The van der Waals surface area contributed by atoms with Crippen LogP contribution in [0.5, 0.6) is 11.5 Å². The molecule has 1 heterocycles. The molecule has 7 nitrogen and oxygen atoms in total. The van der Waals surface area contributed by atoms with Gasteiger partial charge in [-0.25, -0.2) is 4.79 Å². The molecule has 4 amide bonds. The van der Waals surface area contributed by atoms with Crippen LogP contribution in [0, 0.1) is 6.92 Å². The van der Waals surface area contributed by atoms with E-state index in [1.807, 2.05) is 56.3 Å². The molecule has 168 valence electrons. The van der Waals surface area contributed by atoms with Gasteiger partial charge in [-0.1, -0.05) is 55.0 Å². The van der Waals surface area contributed by atoms with Crippen LogP contribution in [-0.2, 0) is 15.1 Å². The second-order valence-corrected chi connectivity index (χ2v) is 7.93. The molecule has 7 heteroatoms. The van der Waals surface area contributed by atoms with Gasteiger partial charge in [-0.15, -0.1) is 0 Å². The molecule has 1 saturated heterocycles. The summed E-state index contributed by atoms with van der Waals surface area (Å²) in [7, 11) is 0. The predicted octanol–water partition coefficient (Wildman–Crippen LogP) is 4.58. The highest BCUT2D eigenvalue weighted by atomic mass is 16.5. The smallest absolute Gasteiger partial charge is 0.325 e. The van der Waals surface area contributed by atoms with E-state index in [9.17, 15) is 14.4 Å². The number of ether oxygens (including phenoxy) is 1. The minimum absolute atomic E-state index is 0.374. The number of amides is 4. The Morgan fingerprint density at radius 2 is 1.55 bits per heavy atom. The van der Waals surface area contributed by atoms with E-state index in [1.165, 1.54) is 0 Å². The van der Waals surface area contributed by atoms with Crippen LogP contribution < -0.4 is 15.4 Å². The van der Waals surface area contributed by atoms with Crippen molar-refractivity contribution in [1.82, 2.24) is 10.2 Å². The average Bonchev–Trinajstić information content (AvgIpc) is 3.07. The van der Waals surface area contributed by atoms with E-state index in [1.54, 1.807) is 36.4 Å². The van der Waals surface area contributed by atoms with Crippen molar-refractivity contribution in [2.24, 2.45) is 0 Å². The van der Waals surface area contributed by atoms with Gasteiger partial charge in [0.05, 0.1) is 0 Å². The molecule has 1 atom stereocenters. The Morgan fingerprint density at radius 1 is 0.939 bits per heavy atom. The number of carbonyl (C=O) groups excluding carboxylic acids is 3. The van der Waals surface area contributed by atoms with E-state index in [-0.39, 0.29) is 6.54 Å². The Bertz CT molecular complexity index is 1160. The van der Waals surface area contributed by atoms with Crippen molar-refractivity contribution in [1.29, 1.82) is 0 Å². The molecule has 0 radical (unpaired) electrons. The largest absolute Gasteiger partial charge is 0.457 e. The molecule has 1 unspecified atom stereocenters. The Balaban J connectivity index is 1.40. The predicted molar refractivity (Wildman–Crippen MR) is 125 cm³/mol. The van der Waals surface area contributed by atoms with Gasteiger partial charge in [0.2, 0.25) is 5.91 Å². The van der Waals surface area contributed by atoms with Crippen molar-refractivity contribution in [2.45, 2.75) is 25.8 Å². The Morgan fingerprint density at radius 3 is 2.15 bits per heavy atom. The van der Waals surface area contributed by atoms with Gasteiger partial charge < -0.3 is 15.4 Å². The summed E-state index contributed by atoms with van der Waals surface area (Å²) in [4.78, 5) is 39.2. The summed E-state index contributed by atoms with van der Waals surface area (Å²) < 4.78 is 5.79. The highest BCUT2D eigenvalue weighted by molar-refractivity contribution is 6.10. The van der Waals surface area contributed by atoms with E-state index in [2.05, 4.69) is 10.6 Å².